The van der Waals surface area contributed by atoms with Crippen molar-refractivity contribution in [1.29, 1.82) is 0 Å². The van der Waals surface area contributed by atoms with Crippen molar-refractivity contribution >= 4 is 59.0 Å². The fraction of sp³-hybridized carbons (Fsp3) is 0.250. The van der Waals surface area contributed by atoms with E-state index in [2.05, 4.69) is 20.7 Å². The number of nitrogens with zero attached hydrogens (tertiary/aromatic N) is 1. The van der Waals surface area contributed by atoms with Crippen LogP contribution in [0.4, 0.5) is 5.69 Å². The van der Waals surface area contributed by atoms with Crippen LogP contribution in [-0.4, -0.2) is 32.3 Å². The van der Waals surface area contributed by atoms with Crippen molar-refractivity contribution in [2.24, 2.45) is 0 Å². The molecular formula is C20H19BrN2O3S2. The normalized spacial score (nSPS) is 15.0. The van der Waals surface area contributed by atoms with Crippen LogP contribution in [0.15, 0.2) is 57.2 Å². The zero-order valence-corrected chi connectivity index (χ0v) is 18.2. The van der Waals surface area contributed by atoms with E-state index in [1.807, 2.05) is 18.2 Å². The molecule has 0 radical (unpaired) electrons. The summed E-state index contributed by atoms with van der Waals surface area (Å²) in [5.41, 5.74) is 0.661. The van der Waals surface area contributed by atoms with Gasteiger partial charge in [-0.3, -0.25) is 9.52 Å². The molecule has 1 N–H and O–H groups in total. The number of benzene rings is 2. The Balaban J connectivity index is 1.71. The zero-order chi connectivity index (χ0) is 19.7. The Morgan fingerprint density at radius 2 is 1.82 bits per heavy atom. The standard InChI is InChI=1S/C20H19BrN2O3S2/c21-14-8-9-15(20(24)23-10-4-1-5-11-23)17(12-14)22-28(25,26)19-13-27-18-7-3-2-6-16(18)19/h2-3,6-9,12-13,22H,1,4-5,10-11H2. The first-order chi connectivity index (χ1) is 13.5. The lowest BCUT2D eigenvalue weighted by Crippen LogP contribution is -2.36. The van der Waals surface area contributed by atoms with Crippen LogP contribution < -0.4 is 4.72 Å². The van der Waals surface area contributed by atoms with Crippen LogP contribution in [0.1, 0.15) is 29.6 Å². The predicted molar refractivity (Wildman–Crippen MR) is 117 cm³/mol. The van der Waals surface area contributed by atoms with Gasteiger partial charge < -0.3 is 4.90 Å². The lowest BCUT2D eigenvalue weighted by atomic mass is 10.1. The second-order valence-electron chi connectivity index (χ2n) is 6.74. The van der Waals surface area contributed by atoms with Gasteiger partial charge in [-0.05, 0) is 43.5 Å². The molecule has 8 heteroatoms. The number of rotatable bonds is 4. The SMILES string of the molecule is O=C(c1ccc(Br)cc1NS(=O)(=O)c1csc2ccccc12)N1CCCCC1. The molecule has 0 aliphatic carbocycles. The fourth-order valence-electron chi connectivity index (χ4n) is 3.42. The third-order valence-corrected chi connectivity index (χ3v) is 7.85. The van der Waals surface area contributed by atoms with E-state index in [0.717, 1.165) is 24.0 Å². The molecule has 0 spiro atoms. The summed E-state index contributed by atoms with van der Waals surface area (Å²) in [4.78, 5) is 15.0. The van der Waals surface area contributed by atoms with E-state index >= 15 is 0 Å². The average molecular weight is 479 g/mol. The Morgan fingerprint density at radius 3 is 2.61 bits per heavy atom. The van der Waals surface area contributed by atoms with Gasteiger partial charge in [0.2, 0.25) is 0 Å². The van der Waals surface area contributed by atoms with E-state index in [0.29, 0.717) is 34.2 Å². The summed E-state index contributed by atoms with van der Waals surface area (Å²) in [6.07, 6.45) is 3.07. The molecule has 1 saturated heterocycles. The van der Waals surface area contributed by atoms with Crippen LogP contribution in [0.5, 0.6) is 0 Å². The van der Waals surface area contributed by atoms with Gasteiger partial charge in [0.1, 0.15) is 4.90 Å². The van der Waals surface area contributed by atoms with Gasteiger partial charge in [0, 0.05) is 33.0 Å². The van der Waals surface area contributed by atoms with E-state index in [4.69, 9.17) is 0 Å². The van der Waals surface area contributed by atoms with Gasteiger partial charge in [-0.2, -0.15) is 0 Å². The maximum atomic E-state index is 13.1. The first-order valence-electron chi connectivity index (χ1n) is 9.03. The van der Waals surface area contributed by atoms with Crippen molar-refractivity contribution < 1.29 is 13.2 Å². The molecule has 3 aromatic rings. The van der Waals surface area contributed by atoms with Crippen molar-refractivity contribution in [2.45, 2.75) is 24.2 Å². The van der Waals surface area contributed by atoms with E-state index in [1.165, 1.54) is 11.3 Å². The lowest BCUT2D eigenvalue weighted by Gasteiger charge is -2.27. The zero-order valence-electron chi connectivity index (χ0n) is 15.0. The van der Waals surface area contributed by atoms with Gasteiger partial charge in [0.25, 0.3) is 15.9 Å². The highest BCUT2D eigenvalue weighted by Gasteiger charge is 2.25. The molecule has 4 rings (SSSR count). The molecule has 1 aliphatic rings. The van der Waals surface area contributed by atoms with Crippen LogP contribution in [0.3, 0.4) is 0 Å². The maximum absolute atomic E-state index is 13.1. The summed E-state index contributed by atoms with van der Waals surface area (Å²) in [5.74, 6) is -0.139. The second-order valence-corrected chi connectivity index (χ2v) is 10.2. The number of nitrogens with one attached hydrogen (secondary N) is 1. The number of likely N-dealkylation sites (tertiary alicyclic amines) is 1. The quantitative estimate of drug-likeness (QED) is 0.567. The van der Waals surface area contributed by atoms with E-state index in [-0.39, 0.29) is 10.8 Å². The molecule has 1 aromatic heterocycles. The molecule has 2 aromatic carbocycles. The molecule has 146 valence electrons. The number of amides is 1. The van der Waals surface area contributed by atoms with Gasteiger partial charge in [0.05, 0.1) is 11.3 Å². The van der Waals surface area contributed by atoms with Crippen LogP contribution in [0, 0.1) is 0 Å². The maximum Gasteiger partial charge on any atom is 0.263 e. The van der Waals surface area contributed by atoms with Gasteiger partial charge in [-0.1, -0.05) is 34.1 Å². The summed E-state index contributed by atoms with van der Waals surface area (Å²) >= 11 is 4.76. The number of sulfonamides is 1. The number of fused-ring (bicyclic) bond motifs is 1. The average Bonchev–Trinajstić information content (AvgIpc) is 3.13. The molecule has 1 amide bonds. The van der Waals surface area contributed by atoms with Gasteiger partial charge >= 0.3 is 0 Å². The molecule has 0 atom stereocenters. The molecule has 5 nitrogen and oxygen atoms in total. The van der Waals surface area contributed by atoms with E-state index < -0.39 is 10.0 Å². The number of carbonyl (C=O) groups is 1. The number of halogens is 1. The van der Waals surface area contributed by atoms with Crippen LogP contribution in [0.2, 0.25) is 0 Å². The van der Waals surface area contributed by atoms with Crippen molar-refractivity contribution in [3.05, 3.63) is 57.9 Å². The third kappa shape index (κ3) is 3.81. The summed E-state index contributed by atoms with van der Waals surface area (Å²) in [5, 5.41) is 2.32. The van der Waals surface area contributed by atoms with E-state index in [1.54, 1.807) is 34.5 Å². The minimum atomic E-state index is -3.83. The third-order valence-electron chi connectivity index (χ3n) is 4.83. The number of piperidine rings is 1. The molecule has 0 unspecified atom stereocenters. The summed E-state index contributed by atoms with van der Waals surface area (Å²) < 4.78 is 30.4. The van der Waals surface area contributed by atoms with Crippen molar-refractivity contribution in [3.63, 3.8) is 0 Å². The minimum Gasteiger partial charge on any atom is -0.339 e. The highest BCUT2D eigenvalue weighted by Crippen LogP contribution is 2.32. The molecule has 2 heterocycles. The minimum absolute atomic E-state index is 0.139. The number of hydrogen-bond acceptors (Lipinski definition) is 4. The lowest BCUT2D eigenvalue weighted by molar-refractivity contribution is 0.0725. The Labute approximate surface area is 176 Å². The van der Waals surface area contributed by atoms with E-state index in [9.17, 15) is 13.2 Å². The molecule has 1 fully saturated rings. The van der Waals surface area contributed by atoms with Crippen LogP contribution in [0.25, 0.3) is 10.1 Å². The Hall–Kier alpha value is -1.90. The fourth-order valence-corrected chi connectivity index (χ4v) is 6.35. The van der Waals surface area contributed by atoms with Gasteiger partial charge in [-0.25, -0.2) is 8.42 Å². The number of anilines is 1. The number of hydrogen-bond donors (Lipinski definition) is 1. The van der Waals surface area contributed by atoms with Crippen molar-refractivity contribution in [3.8, 4) is 0 Å². The summed E-state index contributed by atoms with van der Waals surface area (Å²) in [6, 6.07) is 12.5. The highest BCUT2D eigenvalue weighted by molar-refractivity contribution is 9.10. The molecule has 0 saturated carbocycles. The Morgan fingerprint density at radius 1 is 1.07 bits per heavy atom. The van der Waals surface area contributed by atoms with Crippen molar-refractivity contribution in [1.82, 2.24) is 4.90 Å². The molecular weight excluding hydrogens is 460 g/mol. The largest absolute Gasteiger partial charge is 0.339 e. The topological polar surface area (TPSA) is 66.5 Å². The monoisotopic (exact) mass is 478 g/mol. The summed E-state index contributed by atoms with van der Waals surface area (Å²) in [6.45, 7) is 1.41. The smallest absolute Gasteiger partial charge is 0.263 e. The molecule has 0 bridgehead atoms. The first kappa shape index (κ1) is 19.4. The van der Waals surface area contributed by atoms with Gasteiger partial charge in [-0.15, -0.1) is 11.3 Å². The van der Waals surface area contributed by atoms with Gasteiger partial charge in [0.15, 0.2) is 0 Å². The predicted octanol–water partition coefficient (Wildman–Crippen LogP) is 5.09. The second kappa shape index (κ2) is 7.85. The molecule has 28 heavy (non-hydrogen) atoms. The van der Waals surface area contributed by atoms with Crippen LogP contribution in [-0.2, 0) is 10.0 Å². The summed E-state index contributed by atoms with van der Waals surface area (Å²) in [7, 11) is -3.83. The van der Waals surface area contributed by atoms with Crippen LogP contribution >= 0.6 is 27.3 Å². The Bertz CT molecular complexity index is 1140. The number of carbonyl (C=O) groups excluding carboxylic acids is 1. The highest BCUT2D eigenvalue weighted by atomic mass is 79.9. The number of thiophene rings is 1. The van der Waals surface area contributed by atoms with Crippen molar-refractivity contribution in [2.75, 3.05) is 17.8 Å². The Kier molecular flexibility index (Phi) is 5.44. The first-order valence-corrected chi connectivity index (χ1v) is 12.2. The molecule has 1 aliphatic heterocycles.